The third kappa shape index (κ3) is 6.70. The van der Waals surface area contributed by atoms with E-state index in [1.807, 2.05) is 46.9 Å². The second-order valence-electron chi connectivity index (χ2n) is 7.18. The Balaban J connectivity index is 1.77. The van der Waals surface area contributed by atoms with Gasteiger partial charge in [0.05, 0.1) is 17.6 Å². The Bertz CT molecular complexity index is 1000. The first kappa shape index (κ1) is 23.1. The average Bonchev–Trinajstić information content (AvgIpc) is 3.21. The van der Waals surface area contributed by atoms with Crippen LogP contribution in [0.15, 0.2) is 61.2 Å². The molecule has 1 aromatic heterocycles. The summed E-state index contributed by atoms with van der Waals surface area (Å²) >= 11 is 11.4. The van der Waals surface area contributed by atoms with Gasteiger partial charge in [-0.25, -0.2) is 4.98 Å². The number of hydrogen-bond donors (Lipinski definition) is 1. The van der Waals surface area contributed by atoms with E-state index in [0.717, 1.165) is 30.2 Å². The minimum absolute atomic E-state index is 0.159. The number of rotatable bonds is 7. The van der Waals surface area contributed by atoms with Gasteiger partial charge in [0.25, 0.3) is 0 Å². The van der Waals surface area contributed by atoms with E-state index in [1.54, 1.807) is 12.5 Å². The van der Waals surface area contributed by atoms with Gasteiger partial charge in [0.1, 0.15) is 0 Å². The maximum Gasteiger partial charge on any atom is 0.418 e. The van der Waals surface area contributed by atoms with Crippen LogP contribution in [0.3, 0.4) is 0 Å². The minimum Gasteiger partial charge on any atom is -0.345 e. The van der Waals surface area contributed by atoms with Crippen LogP contribution >= 0.6 is 23.8 Å². The molecule has 3 aromatic rings. The van der Waals surface area contributed by atoms with Crippen molar-refractivity contribution in [2.75, 3.05) is 11.9 Å². The van der Waals surface area contributed by atoms with Crippen molar-refractivity contribution in [3.05, 3.63) is 82.9 Å². The lowest BCUT2D eigenvalue weighted by atomic mass is 10.1. The molecule has 0 aliphatic rings. The summed E-state index contributed by atoms with van der Waals surface area (Å²) in [4.78, 5) is 5.88. The highest BCUT2D eigenvalue weighted by Gasteiger charge is 2.34. The first-order valence-electron chi connectivity index (χ1n) is 9.66. The molecule has 164 valence electrons. The number of hydrogen-bond acceptors (Lipinski definition) is 2. The number of thiocarbonyl (C=S) groups is 1. The molecule has 1 N–H and O–H groups in total. The van der Waals surface area contributed by atoms with Crippen LogP contribution in [0.4, 0.5) is 18.9 Å². The third-order valence-corrected chi connectivity index (χ3v) is 5.31. The van der Waals surface area contributed by atoms with Crippen molar-refractivity contribution in [1.82, 2.24) is 14.5 Å². The molecule has 0 spiro atoms. The van der Waals surface area contributed by atoms with Crippen LogP contribution in [0, 0.1) is 6.92 Å². The Hall–Kier alpha value is -2.58. The van der Waals surface area contributed by atoms with E-state index in [2.05, 4.69) is 10.3 Å². The van der Waals surface area contributed by atoms with E-state index in [4.69, 9.17) is 23.8 Å². The zero-order valence-corrected chi connectivity index (χ0v) is 18.4. The van der Waals surface area contributed by atoms with E-state index in [0.29, 0.717) is 13.1 Å². The first-order valence-corrected chi connectivity index (χ1v) is 10.4. The fourth-order valence-electron chi connectivity index (χ4n) is 3.09. The van der Waals surface area contributed by atoms with E-state index in [1.165, 1.54) is 12.1 Å². The normalized spacial score (nSPS) is 11.4. The molecular formula is C22H22ClF3N4S. The van der Waals surface area contributed by atoms with Gasteiger partial charge in [-0.3, -0.25) is 0 Å². The second kappa shape index (κ2) is 10.2. The number of aryl methyl sites for hydroxylation is 2. The summed E-state index contributed by atoms with van der Waals surface area (Å²) in [5.41, 5.74) is 1.17. The molecule has 2 aromatic carbocycles. The molecule has 0 saturated heterocycles. The van der Waals surface area contributed by atoms with Crippen LogP contribution in [0.2, 0.25) is 5.02 Å². The second-order valence-corrected chi connectivity index (χ2v) is 8.00. The summed E-state index contributed by atoms with van der Waals surface area (Å²) < 4.78 is 42.2. The van der Waals surface area contributed by atoms with Gasteiger partial charge in [0.2, 0.25) is 0 Å². The van der Waals surface area contributed by atoms with Crippen LogP contribution in [-0.4, -0.2) is 26.1 Å². The first-order chi connectivity index (χ1) is 14.7. The van der Waals surface area contributed by atoms with Gasteiger partial charge in [-0.2, -0.15) is 13.2 Å². The molecule has 0 radical (unpaired) electrons. The summed E-state index contributed by atoms with van der Waals surface area (Å²) in [6.45, 7) is 3.74. The van der Waals surface area contributed by atoms with Crippen LogP contribution < -0.4 is 5.32 Å². The number of benzene rings is 2. The Labute approximate surface area is 189 Å². The molecule has 9 heteroatoms. The van der Waals surface area contributed by atoms with Crippen molar-refractivity contribution in [1.29, 1.82) is 0 Å². The van der Waals surface area contributed by atoms with Gasteiger partial charge in [0, 0.05) is 37.1 Å². The fraction of sp³-hybridized carbons (Fsp3) is 0.273. The molecule has 0 aliphatic heterocycles. The zero-order chi connectivity index (χ0) is 22.4. The maximum absolute atomic E-state index is 13.4. The van der Waals surface area contributed by atoms with E-state index in [-0.39, 0.29) is 15.8 Å². The highest BCUT2D eigenvalue weighted by Crippen LogP contribution is 2.36. The Morgan fingerprint density at radius 2 is 1.94 bits per heavy atom. The molecule has 0 unspecified atom stereocenters. The van der Waals surface area contributed by atoms with Crippen molar-refractivity contribution < 1.29 is 13.2 Å². The summed E-state index contributed by atoms with van der Waals surface area (Å²) in [5, 5.41) is 3.17. The Morgan fingerprint density at radius 1 is 1.19 bits per heavy atom. The lowest BCUT2D eigenvalue weighted by molar-refractivity contribution is -0.136. The van der Waals surface area contributed by atoms with Gasteiger partial charge < -0.3 is 14.8 Å². The van der Waals surface area contributed by atoms with Crippen LogP contribution in [0.1, 0.15) is 23.1 Å². The standard InChI is InChI=1S/C22H22ClF3N4S/c1-16-3-5-17(6-4-16)14-30(11-2-10-29-12-9-27-15-29)21(31)28-20-13-18(23)7-8-19(20)22(24,25)26/h3-9,12-13,15H,2,10-11,14H2,1H3,(H,28,31). The van der Waals surface area contributed by atoms with Crippen molar-refractivity contribution in [3.8, 4) is 0 Å². The van der Waals surface area contributed by atoms with E-state index in [9.17, 15) is 13.2 Å². The smallest absolute Gasteiger partial charge is 0.345 e. The number of anilines is 1. The van der Waals surface area contributed by atoms with Crippen molar-refractivity contribution in [3.63, 3.8) is 0 Å². The zero-order valence-electron chi connectivity index (χ0n) is 16.9. The van der Waals surface area contributed by atoms with Gasteiger partial charge in [-0.15, -0.1) is 0 Å². The molecule has 0 aliphatic carbocycles. The molecule has 1 heterocycles. The number of alkyl halides is 3. The summed E-state index contributed by atoms with van der Waals surface area (Å²) in [6.07, 6.45) is 1.51. The molecule has 0 atom stereocenters. The highest BCUT2D eigenvalue weighted by molar-refractivity contribution is 7.80. The number of imidazole rings is 1. The lowest BCUT2D eigenvalue weighted by Crippen LogP contribution is -2.36. The number of nitrogens with one attached hydrogen (secondary N) is 1. The predicted octanol–water partition coefficient (Wildman–Crippen LogP) is 6.15. The van der Waals surface area contributed by atoms with Gasteiger partial charge in [0.15, 0.2) is 5.11 Å². The lowest BCUT2D eigenvalue weighted by Gasteiger charge is -2.27. The fourth-order valence-corrected chi connectivity index (χ4v) is 3.53. The number of nitrogens with zero attached hydrogens (tertiary/aromatic N) is 3. The van der Waals surface area contributed by atoms with Crippen molar-refractivity contribution in [2.24, 2.45) is 0 Å². The summed E-state index contributed by atoms with van der Waals surface area (Å²) in [7, 11) is 0. The SMILES string of the molecule is Cc1ccc(CN(CCCn2ccnc2)C(=S)Nc2cc(Cl)ccc2C(F)(F)F)cc1. The van der Waals surface area contributed by atoms with Gasteiger partial charge in [-0.05, 0) is 49.3 Å². The molecule has 0 bridgehead atoms. The largest absolute Gasteiger partial charge is 0.418 e. The monoisotopic (exact) mass is 466 g/mol. The minimum atomic E-state index is -4.52. The number of halogens is 4. The van der Waals surface area contributed by atoms with Gasteiger partial charge >= 0.3 is 6.18 Å². The molecular weight excluding hydrogens is 445 g/mol. The average molecular weight is 467 g/mol. The molecule has 4 nitrogen and oxygen atoms in total. The predicted molar refractivity (Wildman–Crippen MR) is 121 cm³/mol. The van der Waals surface area contributed by atoms with Crippen molar-refractivity contribution in [2.45, 2.75) is 32.6 Å². The molecule has 0 amide bonds. The molecule has 0 fully saturated rings. The van der Waals surface area contributed by atoms with E-state index >= 15 is 0 Å². The molecule has 0 saturated carbocycles. The van der Waals surface area contributed by atoms with Gasteiger partial charge in [-0.1, -0.05) is 41.4 Å². The Kier molecular flexibility index (Phi) is 7.56. The number of aromatic nitrogens is 2. The van der Waals surface area contributed by atoms with Crippen LogP contribution in [0.5, 0.6) is 0 Å². The topological polar surface area (TPSA) is 33.1 Å². The Morgan fingerprint density at radius 3 is 2.58 bits per heavy atom. The van der Waals surface area contributed by atoms with E-state index < -0.39 is 11.7 Å². The van der Waals surface area contributed by atoms with Crippen LogP contribution in [-0.2, 0) is 19.3 Å². The molecule has 31 heavy (non-hydrogen) atoms. The third-order valence-electron chi connectivity index (χ3n) is 4.71. The summed E-state index contributed by atoms with van der Waals surface area (Å²) in [5.74, 6) is 0. The highest BCUT2D eigenvalue weighted by atomic mass is 35.5. The van der Waals surface area contributed by atoms with Crippen molar-refractivity contribution >= 4 is 34.6 Å². The maximum atomic E-state index is 13.4. The quantitative estimate of drug-likeness (QED) is 0.423. The van der Waals surface area contributed by atoms with Crippen LogP contribution in [0.25, 0.3) is 0 Å². The molecule has 3 rings (SSSR count). The summed E-state index contributed by atoms with van der Waals surface area (Å²) in [6, 6.07) is 11.4.